The predicted octanol–water partition coefficient (Wildman–Crippen LogP) is 1.08. The van der Waals surface area contributed by atoms with Crippen molar-refractivity contribution >= 4 is 12.0 Å². The molecule has 0 radical (unpaired) electrons. The van der Waals surface area contributed by atoms with Crippen LogP contribution in [0.25, 0.3) is 0 Å². The number of nitrogens with zero attached hydrogens (tertiary/aromatic N) is 1. The highest BCUT2D eigenvalue weighted by molar-refractivity contribution is 5.82. The highest BCUT2D eigenvalue weighted by atomic mass is 16.5. The zero-order chi connectivity index (χ0) is 14.3. The molecule has 0 aliphatic carbocycles. The molecule has 6 nitrogen and oxygen atoms in total. The predicted molar refractivity (Wildman–Crippen MR) is 70.9 cm³/mol. The second-order valence-corrected chi connectivity index (χ2v) is 4.77. The molecular weight excluding hydrogens is 248 g/mol. The molecule has 19 heavy (non-hydrogen) atoms. The Bertz CT molecular complexity index is 333. The van der Waals surface area contributed by atoms with Crippen molar-refractivity contribution in [2.45, 2.75) is 25.8 Å². The molecule has 0 aromatic heterocycles. The van der Waals surface area contributed by atoms with Crippen molar-refractivity contribution in [3.05, 3.63) is 12.7 Å². The number of aliphatic carboxylic acids is 1. The lowest BCUT2D eigenvalue weighted by atomic mass is 9.93. The third-order valence-electron chi connectivity index (χ3n) is 3.17. The van der Waals surface area contributed by atoms with Gasteiger partial charge >= 0.3 is 12.0 Å². The number of carboxylic acid groups (broad SMARTS) is 1. The highest BCUT2D eigenvalue weighted by Crippen LogP contribution is 2.22. The molecule has 1 fully saturated rings. The van der Waals surface area contributed by atoms with Gasteiger partial charge in [-0.2, -0.15) is 0 Å². The van der Waals surface area contributed by atoms with Crippen molar-refractivity contribution in [1.82, 2.24) is 10.2 Å². The largest absolute Gasteiger partial charge is 0.480 e. The zero-order valence-electron chi connectivity index (χ0n) is 11.3. The van der Waals surface area contributed by atoms with Crippen molar-refractivity contribution in [2.75, 3.05) is 26.3 Å². The highest BCUT2D eigenvalue weighted by Gasteiger charge is 2.34. The average Bonchev–Trinajstić information content (AvgIpc) is 2.38. The summed E-state index contributed by atoms with van der Waals surface area (Å²) in [6, 6.07) is -1.06. The summed E-state index contributed by atoms with van der Waals surface area (Å²) in [6.45, 7) is 7.20. The molecule has 1 aliphatic rings. The van der Waals surface area contributed by atoms with Crippen LogP contribution in [0.4, 0.5) is 4.79 Å². The Kier molecular flexibility index (Phi) is 6.35. The van der Waals surface area contributed by atoms with E-state index in [9.17, 15) is 9.59 Å². The van der Waals surface area contributed by atoms with E-state index in [1.54, 1.807) is 6.08 Å². The summed E-state index contributed by atoms with van der Waals surface area (Å²) in [5, 5.41) is 11.8. The van der Waals surface area contributed by atoms with Crippen molar-refractivity contribution in [3.63, 3.8) is 0 Å². The standard InChI is InChI=1S/C13H22N2O4/c1-3-7-19-8-5-14-13(18)15-6-4-10(2)9-11(15)12(16)17/h3,10-11H,1,4-9H2,2H3,(H,14,18)(H,16,17). The fourth-order valence-corrected chi connectivity index (χ4v) is 2.12. The van der Waals surface area contributed by atoms with Crippen LogP contribution < -0.4 is 5.32 Å². The Morgan fingerprint density at radius 2 is 2.32 bits per heavy atom. The maximum absolute atomic E-state index is 11.9. The van der Waals surface area contributed by atoms with Crippen LogP contribution in [0.2, 0.25) is 0 Å². The zero-order valence-corrected chi connectivity index (χ0v) is 11.3. The molecule has 1 heterocycles. The Hall–Kier alpha value is -1.56. The number of hydrogen-bond acceptors (Lipinski definition) is 3. The van der Waals surface area contributed by atoms with E-state index in [0.717, 1.165) is 6.42 Å². The molecule has 2 atom stereocenters. The van der Waals surface area contributed by atoms with Crippen LogP contribution in [0.1, 0.15) is 19.8 Å². The number of carbonyl (C=O) groups excluding carboxylic acids is 1. The summed E-state index contributed by atoms with van der Waals surface area (Å²) >= 11 is 0. The Morgan fingerprint density at radius 3 is 2.95 bits per heavy atom. The van der Waals surface area contributed by atoms with E-state index >= 15 is 0 Å². The first-order valence-corrected chi connectivity index (χ1v) is 6.52. The molecule has 2 amide bonds. The van der Waals surface area contributed by atoms with Gasteiger partial charge in [-0.1, -0.05) is 13.0 Å². The van der Waals surface area contributed by atoms with Gasteiger partial charge in [0.1, 0.15) is 6.04 Å². The molecule has 1 saturated heterocycles. The first kappa shape index (κ1) is 15.5. The fraction of sp³-hybridized carbons (Fsp3) is 0.692. The van der Waals surface area contributed by atoms with E-state index < -0.39 is 12.0 Å². The SMILES string of the molecule is C=CCOCCNC(=O)N1CCC(C)CC1C(=O)O. The van der Waals surface area contributed by atoms with Gasteiger partial charge in [0.15, 0.2) is 0 Å². The molecule has 0 spiro atoms. The Labute approximate surface area is 113 Å². The number of likely N-dealkylation sites (tertiary alicyclic amines) is 1. The summed E-state index contributed by atoms with van der Waals surface area (Å²) in [6.07, 6.45) is 2.98. The molecule has 0 saturated carbocycles. The van der Waals surface area contributed by atoms with Gasteiger partial charge in [-0.15, -0.1) is 6.58 Å². The van der Waals surface area contributed by atoms with E-state index in [1.807, 2.05) is 6.92 Å². The first-order valence-electron chi connectivity index (χ1n) is 6.52. The number of amides is 2. The lowest BCUT2D eigenvalue weighted by molar-refractivity contribution is -0.143. The van der Waals surface area contributed by atoms with Crippen LogP contribution in [0.5, 0.6) is 0 Å². The average molecular weight is 270 g/mol. The van der Waals surface area contributed by atoms with E-state index in [1.165, 1.54) is 4.90 Å². The summed E-state index contributed by atoms with van der Waals surface area (Å²) in [5.74, 6) is -0.606. The molecule has 0 aromatic carbocycles. The molecule has 2 unspecified atom stereocenters. The minimum atomic E-state index is -0.940. The van der Waals surface area contributed by atoms with Crippen LogP contribution >= 0.6 is 0 Å². The maximum Gasteiger partial charge on any atom is 0.326 e. The molecule has 108 valence electrons. The van der Waals surface area contributed by atoms with Gasteiger partial charge in [-0.25, -0.2) is 9.59 Å². The normalized spacial score (nSPS) is 22.9. The second kappa shape index (κ2) is 7.78. The maximum atomic E-state index is 11.9. The van der Waals surface area contributed by atoms with Crippen molar-refractivity contribution < 1.29 is 19.4 Å². The quantitative estimate of drug-likeness (QED) is 0.559. The third kappa shape index (κ3) is 4.90. The van der Waals surface area contributed by atoms with Gasteiger partial charge in [-0.3, -0.25) is 0 Å². The summed E-state index contributed by atoms with van der Waals surface area (Å²) < 4.78 is 5.14. The third-order valence-corrected chi connectivity index (χ3v) is 3.17. The van der Waals surface area contributed by atoms with Crippen LogP contribution in [0.3, 0.4) is 0 Å². The number of carbonyl (C=O) groups is 2. The van der Waals surface area contributed by atoms with Crippen molar-refractivity contribution in [2.24, 2.45) is 5.92 Å². The van der Waals surface area contributed by atoms with Crippen LogP contribution in [-0.2, 0) is 9.53 Å². The molecule has 0 aromatic rings. The monoisotopic (exact) mass is 270 g/mol. The van der Waals surface area contributed by atoms with Gasteiger partial charge in [0, 0.05) is 13.1 Å². The van der Waals surface area contributed by atoms with Crippen molar-refractivity contribution in [1.29, 1.82) is 0 Å². The number of hydrogen-bond donors (Lipinski definition) is 2. The Morgan fingerprint density at radius 1 is 1.58 bits per heavy atom. The number of ether oxygens (including phenoxy) is 1. The van der Waals surface area contributed by atoms with Gasteiger partial charge < -0.3 is 20.1 Å². The summed E-state index contributed by atoms with van der Waals surface area (Å²) in [5.41, 5.74) is 0. The summed E-state index contributed by atoms with van der Waals surface area (Å²) in [4.78, 5) is 24.5. The topological polar surface area (TPSA) is 78.9 Å². The fourth-order valence-electron chi connectivity index (χ4n) is 2.12. The molecule has 0 bridgehead atoms. The molecular formula is C13H22N2O4. The lowest BCUT2D eigenvalue weighted by Gasteiger charge is -2.35. The van der Waals surface area contributed by atoms with Crippen molar-refractivity contribution in [3.8, 4) is 0 Å². The van der Waals surface area contributed by atoms with Gasteiger partial charge in [0.2, 0.25) is 0 Å². The van der Waals surface area contributed by atoms with Gasteiger partial charge in [0.05, 0.1) is 13.2 Å². The number of piperidine rings is 1. The molecule has 6 heteroatoms. The first-order chi connectivity index (χ1) is 9.06. The summed E-state index contributed by atoms with van der Waals surface area (Å²) in [7, 11) is 0. The second-order valence-electron chi connectivity index (χ2n) is 4.77. The van der Waals surface area contributed by atoms with E-state index in [-0.39, 0.29) is 6.03 Å². The molecule has 2 N–H and O–H groups in total. The smallest absolute Gasteiger partial charge is 0.326 e. The minimum Gasteiger partial charge on any atom is -0.480 e. The van der Waals surface area contributed by atoms with Gasteiger partial charge in [-0.05, 0) is 18.8 Å². The molecule has 1 rings (SSSR count). The van der Waals surface area contributed by atoms with Gasteiger partial charge in [0.25, 0.3) is 0 Å². The number of rotatable bonds is 6. The Balaban J connectivity index is 2.40. The molecule has 1 aliphatic heterocycles. The number of urea groups is 1. The van der Waals surface area contributed by atoms with E-state index in [0.29, 0.717) is 38.6 Å². The van der Waals surface area contributed by atoms with Crippen LogP contribution in [0.15, 0.2) is 12.7 Å². The number of carboxylic acids is 1. The van der Waals surface area contributed by atoms with Crippen LogP contribution in [-0.4, -0.2) is 54.4 Å². The van der Waals surface area contributed by atoms with E-state index in [4.69, 9.17) is 9.84 Å². The minimum absolute atomic E-state index is 0.332. The van der Waals surface area contributed by atoms with E-state index in [2.05, 4.69) is 11.9 Å². The van der Waals surface area contributed by atoms with Crippen LogP contribution in [0, 0.1) is 5.92 Å². The number of nitrogens with one attached hydrogen (secondary N) is 1. The lowest BCUT2D eigenvalue weighted by Crippen LogP contribution is -2.53.